The quantitative estimate of drug-likeness (QED) is 0.554. The van der Waals surface area contributed by atoms with Crippen LogP contribution in [-0.2, 0) is 22.7 Å². The van der Waals surface area contributed by atoms with Crippen LogP contribution in [-0.4, -0.2) is 6.61 Å². The molecule has 0 aliphatic heterocycles. The minimum Gasteiger partial charge on any atom is -0.374 e. The molecule has 127 valence electrons. The number of hydrogen-bond acceptors (Lipinski definition) is 2. The molecule has 0 N–H and O–H groups in total. The zero-order chi connectivity index (χ0) is 17.3. The Labute approximate surface area is 150 Å². The molecule has 0 saturated carbocycles. The molecule has 0 aromatic heterocycles. The van der Waals surface area contributed by atoms with Crippen LogP contribution in [0.5, 0.6) is 0 Å². The van der Waals surface area contributed by atoms with Crippen LogP contribution in [0.3, 0.4) is 0 Å². The van der Waals surface area contributed by atoms with Crippen molar-refractivity contribution in [1.29, 1.82) is 0 Å². The molecule has 0 bridgehead atoms. The van der Waals surface area contributed by atoms with E-state index in [1.807, 2.05) is 54.6 Å². The van der Waals surface area contributed by atoms with Gasteiger partial charge in [-0.3, -0.25) is 0 Å². The van der Waals surface area contributed by atoms with Crippen LogP contribution in [0.1, 0.15) is 28.4 Å². The van der Waals surface area contributed by atoms with Crippen LogP contribution < -0.4 is 0 Å². The summed E-state index contributed by atoms with van der Waals surface area (Å²) in [5.74, 6) is 0. The van der Waals surface area contributed by atoms with E-state index in [9.17, 15) is 0 Å². The molecule has 0 aliphatic rings. The largest absolute Gasteiger partial charge is 0.374 e. The molecule has 3 rings (SSSR count). The number of hydrogen-bond donors (Lipinski definition) is 0. The molecule has 0 fully saturated rings. The van der Waals surface area contributed by atoms with Crippen molar-refractivity contribution in [1.82, 2.24) is 0 Å². The Morgan fingerprint density at radius 1 is 0.680 bits per heavy atom. The van der Waals surface area contributed by atoms with Crippen LogP contribution >= 0.6 is 0 Å². The molecule has 1 radical (unpaired) electrons. The first-order valence-electron chi connectivity index (χ1n) is 8.51. The lowest BCUT2D eigenvalue weighted by Crippen LogP contribution is -2.13. The van der Waals surface area contributed by atoms with Crippen molar-refractivity contribution in [2.24, 2.45) is 0 Å². The molecule has 0 spiro atoms. The average Bonchev–Trinajstić information content (AvgIpc) is 2.67. The number of ether oxygens (including phenoxy) is 2. The Kier molecular flexibility index (Phi) is 6.38. The SMILES string of the molecule is [CH2]c1ccccc1C(COCc1ccccc1)OCc1ccccc1. The lowest BCUT2D eigenvalue weighted by molar-refractivity contribution is -0.0315. The molecule has 0 saturated heterocycles. The van der Waals surface area contributed by atoms with Crippen molar-refractivity contribution in [2.45, 2.75) is 19.3 Å². The van der Waals surface area contributed by atoms with Gasteiger partial charge in [-0.2, -0.15) is 0 Å². The Morgan fingerprint density at radius 2 is 1.24 bits per heavy atom. The fourth-order valence-corrected chi connectivity index (χ4v) is 2.71. The summed E-state index contributed by atoms with van der Waals surface area (Å²) in [6, 6.07) is 28.4. The van der Waals surface area contributed by atoms with Gasteiger partial charge in [0.15, 0.2) is 0 Å². The van der Waals surface area contributed by atoms with Gasteiger partial charge in [0.25, 0.3) is 0 Å². The predicted molar refractivity (Wildman–Crippen MR) is 101 cm³/mol. The molecule has 1 unspecified atom stereocenters. The molecule has 1 atom stereocenters. The van der Waals surface area contributed by atoms with Crippen molar-refractivity contribution in [3.8, 4) is 0 Å². The van der Waals surface area contributed by atoms with E-state index in [-0.39, 0.29) is 6.10 Å². The highest BCUT2D eigenvalue weighted by atomic mass is 16.5. The van der Waals surface area contributed by atoms with Gasteiger partial charge in [0.2, 0.25) is 0 Å². The van der Waals surface area contributed by atoms with E-state index in [1.165, 1.54) is 0 Å². The molecular weight excluding hydrogens is 308 g/mol. The monoisotopic (exact) mass is 331 g/mol. The number of benzene rings is 3. The number of rotatable bonds is 8. The molecule has 2 nitrogen and oxygen atoms in total. The summed E-state index contributed by atoms with van der Waals surface area (Å²) in [7, 11) is 0. The highest BCUT2D eigenvalue weighted by Gasteiger charge is 2.15. The second-order valence-corrected chi connectivity index (χ2v) is 5.98. The molecule has 0 aliphatic carbocycles. The van der Waals surface area contributed by atoms with Gasteiger partial charge in [-0.25, -0.2) is 0 Å². The molecule has 0 heterocycles. The van der Waals surface area contributed by atoms with Crippen molar-refractivity contribution >= 4 is 0 Å². The Hall–Kier alpha value is -2.42. The van der Waals surface area contributed by atoms with Crippen molar-refractivity contribution in [3.63, 3.8) is 0 Å². The highest BCUT2D eigenvalue weighted by molar-refractivity contribution is 5.31. The predicted octanol–water partition coefficient (Wildman–Crippen LogP) is 5.34. The van der Waals surface area contributed by atoms with Gasteiger partial charge < -0.3 is 9.47 Å². The van der Waals surface area contributed by atoms with E-state index >= 15 is 0 Å². The second kappa shape index (κ2) is 9.16. The zero-order valence-electron chi connectivity index (χ0n) is 14.3. The first-order valence-corrected chi connectivity index (χ1v) is 8.51. The van der Waals surface area contributed by atoms with Gasteiger partial charge in [0.05, 0.1) is 19.8 Å². The molecular formula is C23H23O2. The maximum absolute atomic E-state index is 6.17. The van der Waals surface area contributed by atoms with E-state index in [4.69, 9.17) is 9.47 Å². The van der Waals surface area contributed by atoms with E-state index in [0.717, 1.165) is 22.3 Å². The molecule has 3 aromatic carbocycles. The Balaban J connectivity index is 1.65. The second-order valence-electron chi connectivity index (χ2n) is 5.98. The van der Waals surface area contributed by atoms with Crippen LogP contribution in [0.4, 0.5) is 0 Å². The van der Waals surface area contributed by atoms with Crippen LogP contribution in [0, 0.1) is 6.92 Å². The minimum atomic E-state index is -0.141. The highest BCUT2D eigenvalue weighted by Crippen LogP contribution is 2.23. The van der Waals surface area contributed by atoms with Crippen molar-refractivity contribution < 1.29 is 9.47 Å². The first-order chi connectivity index (χ1) is 12.3. The first kappa shape index (κ1) is 17.4. The van der Waals surface area contributed by atoms with Crippen LogP contribution in [0.15, 0.2) is 84.9 Å². The fraction of sp³-hybridized carbons (Fsp3) is 0.174. The molecule has 25 heavy (non-hydrogen) atoms. The van der Waals surface area contributed by atoms with E-state index < -0.39 is 0 Å². The maximum atomic E-state index is 6.17. The maximum Gasteiger partial charge on any atom is 0.107 e. The summed E-state index contributed by atoms with van der Waals surface area (Å²) in [5, 5.41) is 0. The van der Waals surface area contributed by atoms with Gasteiger partial charge in [0.1, 0.15) is 6.10 Å². The molecule has 3 aromatic rings. The lowest BCUT2D eigenvalue weighted by atomic mass is 10.0. The van der Waals surface area contributed by atoms with E-state index in [1.54, 1.807) is 0 Å². The summed E-state index contributed by atoms with van der Waals surface area (Å²) in [5.41, 5.74) is 4.36. The van der Waals surface area contributed by atoms with Crippen LogP contribution in [0.2, 0.25) is 0 Å². The summed E-state index contributed by atoms with van der Waals surface area (Å²) < 4.78 is 12.1. The topological polar surface area (TPSA) is 18.5 Å². The molecule has 0 amide bonds. The van der Waals surface area contributed by atoms with E-state index in [0.29, 0.717) is 19.8 Å². The van der Waals surface area contributed by atoms with Crippen molar-refractivity contribution in [2.75, 3.05) is 6.61 Å². The average molecular weight is 331 g/mol. The Morgan fingerprint density at radius 3 is 1.88 bits per heavy atom. The van der Waals surface area contributed by atoms with Crippen molar-refractivity contribution in [3.05, 3.63) is 114 Å². The van der Waals surface area contributed by atoms with Crippen LogP contribution in [0.25, 0.3) is 0 Å². The third-order valence-corrected chi connectivity index (χ3v) is 4.08. The third-order valence-electron chi connectivity index (χ3n) is 4.08. The van der Waals surface area contributed by atoms with Gasteiger partial charge in [0, 0.05) is 0 Å². The van der Waals surface area contributed by atoms with E-state index in [2.05, 4.69) is 37.3 Å². The lowest BCUT2D eigenvalue weighted by Gasteiger charge is -2.20. The van der Waals surface area contributed by atoms with Gasteiger partial charge in [-0.05, 0) is 29.2 Å². The zero-order valence-corrected chi connectivity index (χ0v) is 14.3. The van der Waals surface area contributed by atoms with Gasteiger partial charge >= 0.3 is 0 Å². The smallest absolute Gasteiger partial charge is 0.107 e. The standard InChI is InChI=1S/C23H23O2/c1-19-10-8-9-15-22(19)23(25-17-21-13-6-3-7-14-21)18-24-16-20-11-4-2-5-12-20/h2-15,23H,1,16-18H2. The normalized spacial score (nSPS) is 12.0. The molecule has 2 heteroatoms. The summed E-state index contributed by atoms with van der Waals surface area (Å²) in [6.07, 6.45) is -0.141. The fourth-order valence-electron chi connectivity index (χ4n) is 2.71. The summed E-state index contributed by atoms with van der Waals surface area (Å²) in [6.45, 7) is 5.75. The third kappa shape index (κ3) is 5.28. The van der Waals surface area contributed by atoms with Gasteiger partial charge in [-0.1, -0.05) is 84.9 Å². The summed E-state index contributed by atoms with van der Waals surface area (Å²) >= 11 is 0. The summed E-state index contributed by atoms with van der Waals surface area (Å²) in [4.78, 5) is 0. The Bertz CT molecular complexity index is 753. The van der Waals surface area contributed by atoms with Gasteiger partial charge in [-0.15, -0.1) is 0 Å². The minimum absolute atomic E-state index is 0.141.